The minimum absolute atomic E-state index is 0.287. The molecule has 0 saturated carbocycles. The summed E-state index contributed by atoms with van der Waals surface area (Å²) in [5.74, 6) is -1.07. The van der Waals surface area contributed by atoms with Crippen molar-refractivity contribution in [2.24, 2.45) is 0 Å². The molecule has 22 heavy (non-hydrogen) atoms. The number of benzene rings is 1. The lowest BCUT2D eigenvalue weighted by atomic mass is 10.1. The molecule has 0 aliphatic carbocycles. The second kappa shape index (κ2) is 6.49. The van der Waals surface area contributed by atoms with E-state index in [9.17, 15) is 12.8 Å². The van der Waals surface area contributed by atoms with E-state index in [1.165, 1.54) is 17.8 Å². The molecular weight excluding hydrogens is 351 g/mol. The van der Waals surface area contributed by atoms with Crippen molar-refractivity contribution in [2.45, 2.75) is 17.0 Å². The largest absolute Gasteiger partial charge is 0.299 e. The zero-order valence-electron chi connectivity index (χ0n) is 11.9. The van der Waals surface area contributed by atoms with Gasteiger partial charge in [0.05, 0.1) is 17.8 Å². The zero-order chi connectivity index (χ0) is 16.5. The SMILES string of the molecule is COS(=O)(=O)c1ccc(-c2cc(C)nc(SC)n2)c(Cl)c1F. The van der Waals surface area contributed by atoms with E-state index in [2.05, 4.69) is 14.2 Å². The molecule has 0 N–H and O–H groups in total. The summed E-state index contributed by atoms with van der Waals surface area (Å²) in [4.78, 5) is 7.84. The first kappa shape index (κ1) is 17.1. The topological polar surface area (TPSA) is 69.2 Å². The highest BCUT2D eigenvalue weighted by atomic mass is 35.5. The quantitative estimate of drug-likeness (QED) is 0.472. The molecule has 5 nitrogen and oxygen atoms in total. The molecule has 0 fully saturated rings. The number of thioether (sulfide) groups is 1. The molecule has 118 valence electrons. The Labute approximate surface area is 137 Å². The predicted molar refractivity (Wildman–Crippen MR) is 83.1 cm³/mol. The van der Waals surface area contributed by atoms with Gasteiger partial charge >= 0.3 is 0 Å². The first-order chi connectivity index (χ1) is 10.3. The summed E-state index contributed by atoms with van der Waals surface area (Å²) < 4.78 is 41.8. The molecule has 0 aliphatic rings. The Kier molecular flexibility index (Phi) is 5.06. The first-order valence-corrected chi connectivity index (χ1v) is 9.00. The van der Waals surface area contributed by atoms with E-state index in [1.807, 2.05) is 6.26 Å². The summed E-state index contributed by atoms with van der Waals surface area (Å²) in [5.41, 5.74) is 1.40. The summed E-state index contributed by atoms with van der Waals surface area (Å²) in [6.07, 6.45) is 1.81. The summed E-state index contributed by atoms with van der Waals surface area (Å²) in [5, 5.41) is 0.184. The Hall–Kier alpha value is -1.22. The highest BCUT2D eigenvalue weighted by Gasteiger charge is 2.23. The molecule has 0 amide bonds. The van der Waals surface area contributed by atoms with E-state index in [-0.39, 0.29) is 10.6 Å². The van der Waals surface area contributed by atoms with Crippen LogP contribution in [-0.2, 0) is 14.3 Å². The number of hydrogen-bond donors (Lipinski definition) is 0. The molecule has 0 saturated heterocycles. The van der Waals surface area contributed by atoms with Gasteiger partial charge in [-0.25, -0.2) is 14.4 Å². The molecule has 0 unspecified atom stereocenters. The molecule has 0 spiro atoms. The number of nitrogens with zero attached hydrogens (tertiary/aromatic N) is 2. The fourth-order valence-electron chi connectivity index (χ4n) is 1.78. The van der Waals surface area contributed by atoms with Gasteiger partial charge < -0.3 is 0 Å². The molecule has 0 atom stereocenters. The molecule has 0 radical (unpaired) electrons. The van der Waals surface area contributed by atoms with Crippen LogP contribution in [0.5, 0.6) is 0 Å². The fraction of sp³-hybridized carbons (Fsp3) is 0.231. The van der Waals surface area contributed by atoms with Gasteiger partial charge in [-0.2, -0.15) is 8.42 Å². The molecule has 1 heterocycles. The van der Waals surface area contributed by atoms with Gasteiger partial charge in [0.2, 0.25) is 0 Å². The molecule has 2 aromatic rings. The zero-order valence-corrected chi connectivity index (χ0v) is 14.3. The minimum atomic E-state index is -4.17. The second-order valence-electron chi connectivity index (χ2n) is 4.24. The van der Waals surface area contributed by atoms with Crippen LogP contribution in [0.2, 0.25) is 5.02 Å². The summed E-state index contributed by atoms with van der Waals surface area (Å²) >= 11 is 7.32. The predicted octanol–water partition coefficient (Wildman–Crippen LogP) is 3.30. The van der Waals surface area contributed by atoms with Gasteiger partial charge in [0.15, 0.2) is 11.0 Å². The fourth-order valence-corrected chi connectivity index (χ4v) is 3.26. The number of hydrogen-bond acceptors (Lipinski definition) is 6. The molecule has 2 rings (SSSR count). The lowest BCUT2D eigenvalue weighted by molar-refractivity contribution is 0.393. The maximum Gasteiger partial charge on any atom is 0.299 e. The average molecular weight is 363 g/mol. The number of aromatic nitrogens is 2. The van der Waals surface area contributed by atoms with Gasteiger partial charge in [-0.05, 0) is 31.4 Å². The van der Waals surface area contributed by atoms with Crippen LogP contribution in [0.15, 0.2) is 28.3 Å². The summed E-state index contributed by atoms with van der Waals surface area (Å²) in [6, 6.07) is 4.14. The third kappa shape index (κ3) is 3.24. The molecule has 1 aromatic heterocycles. The van der Waals surface area contributed by atoms with Crippen LogP contribution in [0.25, 0.3) is 11.3 Å². The van der Waals surface area contributed by atoms with E-state index in [0.29, 0.717) is 16.5 Å². The Morgan fingerprint density at radius 1 is 1.32 bits per heavy atom. The van der Waals surface area contributed by atoms with Crippen molar-refractivity contribution in [1.29, 1.82) is 0 Å². The van der Waals surface area contributed by atoms with E-state index < -0.39 is 20.8 Å². The summed E-state index contributed by atoms with van der Waals surface area (Å²) in [6.45, 7) is 1.78. The van der Waals surface area contributed by atoms with Crippen LogP contribution in [0.4, 0.5) is 4.39 Å². The third-order valence-corrected chi connectivity index (χ3v) is 5.04. The normalized spacial score (nSPS) is 11.7. The van der Waals surface area contributed by atoms with Crippen molar-refractivity contribution in [3.63, 3.8) is 0 Å². The van der Waals surface area contributed by atoms with Crippen LogP contribution in [0.1, 0.15) is 5.69 Å². The molecule has 0 aliphatic heterocycles. The van der Waals surface area contributed by atoms with E-state index in [4.69, 9.17) is 11.6 Å². The lowest BCUT2D eigenvalue weighted by Gasteiger charge is -2.10. The van der Waals surface area contributed by atoms with Crippen molar-refractivity contribution in [3.05, 3.63) is 34.7 Å². The summed E-state index contributed by atoms with van der Waals surface area (Å²) in [7, 11) is -3.21. The molecule has 0 bridgehead atoms. The van der Waals surface area contributed by atoms with Crippen molar-refractivity contribution < 1.29 is 17.0 Å². The van der Waals surface area contributed by atoms with Crippen LogP contribution < -0.4 is 0 Å². The monoisotopic (exact) mass is 362 g/mol. The number of halogens is 2. The Morgan fingerprint density at radius 2 is 2.00 bits per heavy atom. The third-order valence-electron chi connectivity index (χ3n) is 2.83. The van der Waals surface area contributed by atoms with Crippen molar-refractivity contribution in [1.82, 2.24) is 9.97 Å². The second-order valence-corrected chi connectivity index (χ2v) is 7.07. The lowest BCUT2D eigenvalue weighted by Crippen LogP contribution is -2.06. The highest BCUT2D eigenvalue weighted by Crippen LogP contribution is 2.33. The standard InChI is InChI=1S/C13H12ClFN2O3S2/c1-7-6-9(17-13(16-7)21-3)8-4-5-10(12(15)11(8)14)22(18,19)20-2/h4-6H,1-3H3. The van der Waals surface area contributed by atoms with Crippen LogP contribution >= 0.6 is 23.4 Å². The Morgan fingerprint density at radius 3 is 2.59 bits per heavy atom. The van der Waals surface area contributed by atoms with Gasteiger partial charge in [0, 0.05) is 11.3 Å². The Bertz CT molecular complexity index is 828. The minimum Gasteiger partial charge on any atom is -0.270 e. The van der Waals surface area contributed by atoms with Gasteiger partial charge in [0.25, 0.3) is 10.1 Å². The maximum absolute atomic E-state index is 14.3. The Balaban J connectivity index is 2.65. The number of aryl methyl sites for hydroxylation is 1. The molecule has 9 heteroatoms. The van der Waals surface area contributed by atoms with Crippen molar-refractivity contribution >= 4 is 33.5 Å². The van der Waals surface area contributed by atoms with Gasteiger partial charge in [-0.1, -0.05) is 23.4 Å². The van der Waals surface area contributed by atoms with Crippen molar-refractivity contribution in [3.8, 4) is 11.3 Å². The number of rotatable bonds is 4. The van der Waals surface area contributed by atoms with E-state index in [0.717, 1.165) is 13.2 Å². The van der Waals surface area contributed by atoms with Crippen LogP contribution in [-0.4, -0.2) is 31.8 Å². The first-order valence-electron chi connectivity index (χ1n) is 5.99. The molecule has 1 aromatic carbocycles. The maximum atomic E-state index is 14.3. The van der Waals surface area contributed by atoms with Crippen molar-refractivity contribution in [2.75, 3.05) is 13.4 Å². The van der Waals surface area contributed by atoms with Crippen LogP contribution in [0.3, 0.4) is 0 Å². The molecular formula is C13H12ClFN2O3S2. The van der Waals surface area contributed by atoms with Gasteiger partial charge in [-0.15, -0.1) is 0 Å². The smallest absolute Gasteiger partial charge is 0.270 e. The van der Waals surface area contributed by atoms with E-state index >= 15 is 0 Å². The highest BCUT2D eigenvalue weighted by molar-refractivity contribution is 7.98. The van der Waals surface area contributed by atoms with Gasteiger partial charge in [0.1, 0.15) is 4.90 Å². The van der Waals surface area contributed by atoms with Gasteiger partial charge in [-0.3, -0.25) is 4.18 Å². The van der Waals surface area contributed by atoms with E-state index in [1.54, 1.807) is 13.0 Å². The average Bonchev–Trinajstić information content (AvgIpc) is 2.48. The van der Waals surface area contributed by atoms with Crippen LogP contribution in [0, 0.1) is 12.7 Å².